The monoisotopic (exact) mass is 492 g/mol. The molecule has 0 aliphatic carbocycles. The first-order valence-electron chi connectivity index (χ1n) is 12.6. The minimum atomic E-state index is 0.181. The first-order valence-corrected chi connectivity index (χ1v) is 12.6. The van der Waals surface area contributed by atoms with Crippen molar-refractivity contribution in [2.24, 2.45) is 22.9 Å². The van der Waals surface area contributed by atoms with Crippen molar-refractivity contribution in [3.8, 4) is 39.5 Å². The van der Waals surface area contributed by atoms with Crippen LogP contribution < -0.4 is 27.7 Å². The minimum Gasteiger partial charge on any atom is -0.507 e. The lowest BCUT2D eigenvalue weighted by Crippen LogP contribution is -2.09. The second-order valence-corrected chi connectivity index (χ2v) is 9.00. The van der Waals surface area contributed by atoms with E-state index < -0.39 is 0 Å². The summed E-state index contributed by atoms with van der Waals surface area (Å²) in [5, 5.41) is 22.1. The standard InChI is InChI=1S/C29H40N4O3/c1-3-18-12-24(27-19(4-8-30)15-25(36-2)16-20(27)5-9-31)17-26(34)28(18)23-13-21(6-10-32)29(35)22(14-23)7-11-33/h12-17,34-35H,3-11,30-33H2,1-2H3. The van der Waals surface area contributed by atoms with Crippen molar-refractivity contribution in [2.45, 2.75) is 39.0 Å². The Morgan fingerprint density at radius 3 is 1.50 bits per heavy atom. The topological polar surface area (TPSA) is 154 Å². The van der Waals surface area contributed by atoms with Gasteiger partial charge >= 0.3 is 0 Å². The number of hydrogen-bond acceptors (Lipinski definition) is 7. The third-order valence-electron chi connectivity index (χ3n) is 6.59. The van der Waals surface area contributed by atoms with Crippen LogP contribution >= 0.6 is 0 Å². The van der Waals surface area contributed by atoms with Gasteiger partial charge in [0.05, 0.1) is 7.11 Å². The normalized spacial score (nSPS) is 11.2. The van der Waals surface area contributed by atoms with Crippen LogP contribution in [-0.4, -0.2) is 43.5 Å². The Bertz CT molecular complexity index is 1140. The largest absolute Gasteiger partial charge is 0.507 e. The fourth-order valence-electron chi connectivity index (χ4n) is 4.97. The lowest BCUT2D eigenvalue weighted by atomic mass is 9.86. The highest BCUT2D eigenvalue weighted by molar-refractivity contribution is 5.83. The number of phenols is 2. The second-order valence-electron chi connectivity index (χ2n) is 9.00. The lowest BCUT2D eigenvalue weighted by molar-refractivity contribution is 0.414. The van der Waals surface area contributed by atoms with Crippen LogP contribution in [0.3, 0.4) is 0 Å². The van der Waals surface area contributed by atoms with Crippen LogP contribution in [-0.2, 0) is 32.1 Å². The maximum atomic E-state index is 11.4. The molecule has 0 radical (unpaired) electrons. The minimum absolute atomic E-state index is 0.181. The molecule has 3 aromatic rings. The average Bonchev–Trinajstić information content (AvgIpc) is 2.86. The molecule has 0 aliphatic rings. The third kappa shape index (κ3) is 5.82. The molecule has 0 aromatic heterocycles. The Labute approximate surface area is 214 Å². The number of phenolic OH excluding ortho intramolecular Hbond substituents is 2. The molecule has 3 rings (SSSR count). The number of rotatable bonds is 12. The summed E-state index contributed by atoms with van der Waals surface area (Å²) in [7, 11) is 1.65. The van der Waals surface area contributed by atoms with Crippen LogP contribution in [0.25, 0.3) is 22.3 Å². The van der Waals surface area contributed by atoms with Gasteiger partial charge in [0.1, 0.15) is 17.2 Å². The number of aromatic hydroxyl groups is 2. The summed E-state index contributed by atoms with van der Waals surface area (Å²) in [6.45, 7) is 3.88. The highest BCUT2D eigenvalue weighted by Gasteiger charge is 2.20. The molecule has 7 heteroatoms. The van der Waals surface area contributed by atoms with Crippen LogP contribution in [0, 0.1) is 0 Å². The zero-order valence-corrected chi connectivity index (χ0v) is 21.4. The molecule has 0 heterocycles. The lowest BCUT2D eigenvalue weighted by Gasteiger charge is -2.20. The van der Waals surface area contributed by atoms with Gasteiger partial charge in [-0.2, -0.15) is 0 Å². The highest BCUT2D eigenvalue weighted by atomic mass is 16.5. The van der Waals surface area contributed by atoms with Gasteiger partial charge in [0.15, 0.2) is 0 Å². The number of hydrogen-bond donors (Lipinski definition) is 6. The Morgan fingerprint density at radius 2 is 1.06 bits per heavy atom. The van der Waals surface area contributed by atoms with Crippen LogP contribution in [0.1, 0.15) is 34.7 Å². The number of ether oxygens (including phenoxy) is 1. The molecule has 0 aliphatic heterocycles. The molecule has 0 bridgehead atoms. The zero-order valence-electron chi connectivity index (χ0n) is 21.4. The summed E-state index contributed by atoms with van der Waals surface area (Å²) < 4.78 is 5.53. The molecule has 10 N–H and O–H groups in total. The summed E-state index contributed by atoms with van der Waals surface area (Å²) in [5.41, 5.74) is 31.7. The fourth-order valence-corrected chi connectivity index (χ4v) is 4.97. The van der Waals surface area contributed by atoms with E-state index in [1.807, 2.05) is 30.3 Å². The third-order valence-corrected chi connectivity index (χ3v) is 6.59. The van der Waals surface area contributed by atoms with Gasteiger partial charge in [-0.15, -0.1) is 0 Å². The molecule has 0 saturated carbocycles. The molecule has 194 valence electrons. The number of benzene rings is 3. The Balaban J connectivity index is 2.26. The van der Waals surface area contributed by atoms with E-state index in [0.29, 0.717) is 58.3 Å². The van der Waals surface area contributed by atoms with Crippen molar-refractivity contribution >= 4 is 0 Å². The Kier molecular flexibility index (Phi) is 9.73. The van der Waals surface area contributed by atoms with E-state index in [2.05, 4.69) is 13.0 Å². The van der Waals surface area contributed by atoms with Crippen molar-refractivity contribution in [3.63, 3.8) is 0 Å². The summed E-state index contributed by atoms with van der Waals surface area (Å²) in [5.74, 6) is 1.19. The van der Waals surface area contributed by atoms with Gasteiger partial charge in [0.2, 0.25) is 0 Å². The summed E-state index contributed by atoms with van der Waals surface area (Å²) >= 11 is 0. The van der Waals surface area contributed by atoms with E-state index in [9.17, 15) is 10.2 Å². The van der Waals surface area contributed by atoms with Crippen LogP contribution in [0.5, 0.6) is 17.2 Å². The van der Waals surface area contributed by atoms with Gasteiger partial charge < -0.3 is 37.9 Å². The van der Waals surface area contributed by atoms with Gasteiger partial charge in [-0.25, -0.2) is 0 Å². The van der Waals surface area contributed by atoms with Crippen molar-refractivity contribution in [3.05, 3.63) is 64.2 Å². The molecule has 7 nitrogen and oxygen atoms in total. The predicted molar refractivity (Wildman–Crippen MR) is 148 cm³/mol. The van der Waals surface area contributed by atoms with E-state index in [0.717, 1.165) is 55.8 Å². The van der Waals surface area contributed by atoms with Crippen LogP contribution in [0.15, 0.2) is 36.4 Å². The quantitative estimate of drug-likeness (QED) is 0.227. The van der Waals surface area contributed by atoms with Gasteiger partial charge in [-0.3, -0.25) is 0 Å². The Morgan fingerprint density at radius 1 is 0.611 bits per heavy atom. The van der Waals surface area contributed by atoms with Gasteiger partial charge in [-0.1, -0.05) is 13.0 Å². The van der Waals surface area contributed by atoms with Crippen molar-refractivity contribution in [2.75, 3.05) is 33.3 Å². The van der Waals surface area contributed by atoms with Gasteiger partial charge in [0, 0.05) is 5.56 Å². The zero-order chi connectivity index (χ0) is 26.2. The molecular weight excluding hydrogens is 452 g/mol. The first kappa shape index (κ1) is 27.5. The summed E-state index contributed by atoms with van der Waals surface area (Å²) in [4.78, 5) is 0. The highest BCUT2D eigenvalue weighted by Crippen LogP contribution is 2.42. The van der Waals surface area contributed by atoms with Gasteiger partial charge in [0.25, 0.3) is 0 Å². The smallest absolute Gasteiger partial charge is 0.124 e. The molecule has 3 aromatic carbocycles. The van der Waals surface area contributed by atoms with Crippen LogP contribution in [0.2, 0.25) is 0 Å². The summed E-state index contributed by atoms with van der Waals surface area (Å²) in [6.07, 6.45) is 3.14. The number of aryl methyl sites for hydroxylation is 1. The Hall–Kier alpha value is -3.10. The second kappa shape index (κ2) is 12.7. The first-order chi connectivity index (χ1) is 17.4. The molecule has 0 saturated heterocycles. The van der Waals surface area contributed by atoms with Crippen molar-refractivity contribution in [1.82, 2.24) is 0 Å². The van der Waals surface area contributed by atoms with E-state index >= 15 is 0 Å². The predicted octanol–water partition coefficient (Wildman–Crippen LogP) is 3.01. The van der Waals surface area contributed by atoms with Gasteiger partial charge in [-0.05, 0) is 133 Å². The van der Waals surface area contributed by atoms with Crippen molar-refractivity contribution < 1.29 is 14.9 Å². The molecule has 0 atom stereocenters. The van der Waals surface area contributed by atoms with Crippen LogP contribution in [0.4, 0.5) is 0 Å². The molecule has 0 spiro atoms. The van der Waals surface area contributed by atoms with E-state index in [1.54, 1.807) is 7.11 Å². The molecule has 0 fully saturated rings. The maximum Gasteiger partial charge on any atom is 0.124 e. The SMILES string of the molecule is CCc1cc(-c2c(CCN)cc(OC)cc2CCN)cc(O)c1-c1cc(CCN)c(O)c(CCN)c1. The molecular formula is C29H40N4O3. The maximum absolute atomic E-state index is 11.4. The van der Waals surface area contributed by atoms with E-state index in [-0.39, 0.29) is 11.5 Å². The fraction of sp³-hybridized carbons (Fsp3) is 0.379. The molecule has 0 unspecified atom stereocenters. The number of methoxy groups -OCH3 is 1. The van der Waals surface area contributed by atoms with E-state index in [4.69, 9.17) is 27.7 Å². The van der Waals surface area contributed by atoms with E-state index in [1.165, 1.54) is 0 Å². The molecule has 0 amide bonds. The van der Waals surface area contributed by atoms with Crippen molar-refractivity contribution in [1.29, 1.82) is 0 Å². The summed E-state index contributed by atoms with van der Waals surface area (Å²) in [6, 6.07) is 11.8. The average molecular weight is 493 g/mol. The molecule has 36 heavy (non-hydrogen) atoms. The number of nitrogens with two attached hydrogens (primary N) is 4.